The van der Waals surface area contributed by atoms with E-state index < -0.39 is 0 Å². The average Bonchev–Trinajstić information content (AvgIpc) is 2.48. The van der Waals surface area contributed by atoms with Crippen LogP contribution in [0.5, 0.6) is 0 Å². The summed E-state index contributed by atoms with van der Waals surface area (Å²) in [6.45, 7) is 4.58. The van der Waals surface area contributed by atoms with Gasteiger partial charge in [-0.15, -0.1) is 0 Å². The van der Waals surface area contributed by atoms with Crippen LogP contribution in [-0.2, 0) is 4.74 Å². The van der Waals surface area contributed by atoms with Gasteiger partial charge in [0.25, 0.3) is 0 Å². The molecule has 21 heavy (non-hydrogen) atoms. The van der Waals surface area contributed by atoms with Gasteiger partial charge in [0, 0.05) is 11.7 Å². The molecule has 0 bridgehead atoms. The van der Waals surface area contributed by atoms with E-state index >= 15 is 0 Å². The van der Waals surface area contributed by atoms with Crippen molar-refractivity contribution in [3.63, 3.8) is 0 Å². The van der Waals surface area contributed by atoms with Gasteiger partial charge in [-0.05, 0) is 31.5 Å². The fourth-order valence-electron chi connectivity index (χ4n) is 2.28. The van der Waals surface area contributed by atoms with E-state index in [0.29, 0.717) is 13.2 Å². The molecule has 1 aromatic rings. The van der Waals surface area contributed by atoms with Crippen LogP contribution in [0.15, 0.2) is 24.3 Å². The molecule has 6 heteroatoms. The van der Waals surface area contributed by atoms with Gasteiger partial charge in [0.2, 0.25) is 0 Å². The van der Waals surface area contributed by atoms with Gasteiger partial charge in [-0.1, -0.05) is 12.1 Å². The van der Waals surface area contributed by atoms with Crippen molar-refractivity contribution in [2.75, 3.05) is 25.1 Å². The maximum Gasteiger partial charge on any atom is 0.322 e. The number of nitrogens with two attached hydrogens (primary N) is 1. The van der Waals surface area contributed by atoms with Crippen LogP contribution in [0.2, 0.25) is 0 Å². The SMILES string of the molecule is CC(N)c1ccc(NC(=O)N2CC(CO)OCC2C)cc1. The van der Waals surface area contributed by atoms with Gasteiger partial charge in [0.05, 0.1) is 31.9 Å². The lowest BCUT2D eigenvalue weighted by atomic mass is 10.1. The van der Waals surface area contributed by atoms with Crippen LogP contribution in [0.3, 0.4) is 0 Å². The van der Waals surface area contributed by atoms with Crippen LogP contribution in [0.25, 0.3) is 0 Å². The van der Waals surface area contributed by atoms with Crippen LogP contribution in [0.4, 0.5) is 10.5 Å². The highest BCUT2D eigenvalue weighted by molar-refractivity contribution is 5.89. The van der Waals surface area contributed by atoms with E-state index in [1.165, 1.54) is 0 Å². The monoisotopic (exact) mass is 293 g/mol. The number of morpholine rings is 1. The summed E-state index contributed by atoms with van der Waals surface area (Å²) in [6, 6.07) is 7.25. The topological polar surface area (TPSA) is 87.8 Å². The largest absolute Gasteiger partial charge is 0.394 e. The van der Waals surface area contributed by atoms with E-state index in [9.17, 15) is 4.79 Å². The minimum atomic E-state index is -0.313. The third-order valence-electron chi connectivity index (χ3n) is 3.66. The number of nitrogens with one attached hydrogen (secondary N) is 1. The predicted octanol–water partition coefficient (Wildman–Crippen LogP) is 1.32. The van der Waals surface area contributed by atoms with Gasteiger partial charge < -0.3 is 25.8 Å². The molecular formula is C15H23N3O3. The van der Waals surface area contributed by atoms with E-state index in [-0.39, 0.29) is 30.8 Å². The highest BCUT2D eigenvalue weighted by atomic mass is 16.5. The Bertz CT molecular complexity index is 476. The number of urea groups is 1. The fourth-order valence-corrected chi connectivity index (χ4v) is 2.28. The lowest BCUT2D eigenvalue weighted by Gasteiger charge is -2.37. The summed E-state index contributed by atoms with van der Waals surface area (Å²) in [4.78, 5) is 14.0. The summed E-state index contributed by atoms with van der Waals surface area (Å²) in [7, 11) is 0. The molecule has 1 aliphatic heterocycles. The van der Waals surface area contributed by atoms with Crippen LogP contribution in [0.1, 0.15) is 25.5 Å². The maximum atomic E-state index is 12.3. The van der Waals surface area contributed by atoms with Gasteiger partial charge in [-0.3, -0.25) is 0 Å². The van der Waals surface area contributed by atoms with Crippen molar-refractivity contribution >= 4 is 11.7 Å². The zero-order chi connectivity index (χ0) is 15.4. The molecule has 3 unspecified atom stereocenters. The first kappa shape index (κ1) is 15.8. The van der Waals surface area contributed by atoms with Crippen LogP contribution < -0.4 is 11.1 Å². The molecule has 2 rings (SSSR count). The summed E-state index contributed by atoms with van der Waals surface area (Å²) >= 11 is 0. The lowest BCUT2D eigenvalue weighted by Crippen LogP contribution is -2.53. The molecule has 0 saturated carbocycles. The van der Waals surface area contributed by atoms with E-state index in [4.69, 9.17) is 15.6 Å². The van der Waals surface area contributed by atoms with Gasteiger partial charge in [0.1, 0.15) is 0 Å². The molecule has 6 nitrogen and oxygen atoms in total. The smallest absolute Gasteiger partial charge is 0.322 e. The van der Waals surface area contributed by atoms with E-state index in [1.54, 1.807) is 4.90 Å². The Morgan fingerprint density at radius 1 is 1.52 bits per heavy atom. The lowest BCUT2D eigenvalue weighted by molar-refractivity contribution is -0.0611. The van der Waals surface area contributed by atoms with Crippen molar-refractivity contribution in [1.82, 2.24) is 4.90 Å². The molecule has 0 aliphatic carbocycles. The average molecular weight is 293 g/mol. The Morgan fingerprint density at radius 3 is 2.76 bits per heavy atom. The highest BCUT2D eigenvalue weighted by Crippen LogP contribution is 2.17. The Hall–Kier alpha value is -1.63. The number of carbonyl (C=O) groups is 1. The van der Waals surface area contributed by atoms with Crippen molar-refractivity contribution in [3.05, 3.63) is 29.8 Å². The number of aliphatic hydroxyl groups excluding tert-OH is 1. The summed E-state index contributed by atoms with van der Waals surface area (Å²) < 4.78 is 5.43. The van der Waals surface area contributed by atoms with Gasteiger partial charge >= 0.3 is 6.03 Å². The number of anilines is 1. The van der Waals surface area contributed by atoms with E-state index in [2.05, 4.69) is 5.32 Å². The third-order valence-corrected chi connectivity index (χ3v) is 3.66. The number of benzene rings is 1. The number of ether oxygens (including phenoxy) is 1. The zero-order valence-electron chi connectivity index (χ0n) is 12.5. The normalized spacial score (nSPS) is 23.7. The number of nitrogens with zero attached hydrogens (tertiary/aromatic N) is 1. The molecule has 3 atom stereocenters. The predicted molar refractivity (Wildman–Crippen MR) is 81.1 cm³/mol. The zero-order valence-corrected chi connectivity index (χ0v) is 12.5. The van der Waals surface area contributed by atoms with Crippen molar-refractivity contribution < 1.29 is 14.6 Å². The van der Waals surface area contributed by atoms with Gasteiger partial charge in [-0.2, -0.15) is 0 Å². The van der Waals surface area contributed by atoms with Gasteiger partial charge in [0.15, 0.2) is 0 Å². The van der Waals surface area contributed by atoms with Crippen molar-refractivity contribution in [2.45, 2.75) is 32.0 Å². The summed E-state index contributed by atoms with van der Waals surface area (Å²) in [6.07, 6.45) is -0.313. The molecule has 1 aromatic carbocycles. The molecule has 0 radical (unpaired) electrons. The van der Waals surface area contributed by atoms with E-state index in [1.807, 2.05) is 38.1 Å². The van der Waals surface area contributed by atoms with Crippen molar-refractivity contribution in [2.24, 2.45) is 5.73 Å². The van der Waals surface area contributed by atoms with Crippen LogP contribution in [0, 0.1) is 0 Å². The molecule has 0 spiro atoms. The summed E-state index contributed by atoms with van der Waals surface area (Å²) in [5, 5.41) is 12.0. The quantitative estimate of drug-likeness (QED) is 0.784. The molecular weight excluding hydrogens is 270 g/mol. The fraction of sp³-hybridized carbons (Fsp3) is 0.533. The second-order valence-corrected chi connectivity index (χ2v) is 5.48. The Morgan fingerprint density at radius 2 is 2.19 bits per heavy atom. The molecule has 1 fully saturated rings. The molecule has 1 aliphatic rings. The third kappa shape index (κ3) is 3.93. The molecule has 0 aromatic heterocycles. The highest BCUT2D eigenvalue weighted by Gasteiger charge is 2.29. The summed E-state index contributed by atoms with van der Waals surface area (Å²) in [5.74, 6) is 0. The molecule has 116 valence electrons. The molecule has 1 heterocycles. The second kappa shape index (κ2) is 6.89. The minimum Gasteiger partial charge on any atom is -0.394 e. The molecule has 4 N–H and O–H groups in total. The Kier molecular flexibility index (Phi) is 5.17. The number of amides is 2. The number of rotatable bonds is 3. The van der Waals surface area contributed by atoms with Crippen LogP contribution >= 0.6 is 0 Å². The first-order valence-corrected chi connectivity index (χ1v) is 7.17. The number of aliphatic hydroxyl groups is 1. The van der Waals surface area contributed by atoms with Crippen molar-refractivity contribution in [3.8, 4) is 0 Å². The molecule has 1 saturated heterocycles. The number of hydrogen-bond acceptors (Lipinski definition) is 4. The van der Waals surface area contributed by atoms with E-state index in [0.717, 1.165) is 11.3 Å². The van der Waals surface area contributed by atoms with Gasteiger partial charge in [-0.25, -0.2) is 4.79 Å². The first-order chi connectivity index (χ1) is 10.0. The van der Waals surface area contributed by atoms with Crippen LogP contribution in [-0.4, -0.2) is 47.9 Å². The standard InChI is InChI=1S/C15H23N3O3/c1-10-9-21-14(8-19)7-18(10)15(20)17-13-5-3-12(4-6-13)11(2)16/h3-6,10-11,14,19H,7-9,16H2,1-2H3,(H,17,20). The molecule has 2 amide bonds. The first-order valence-electron chi connectivity index (χ1n) is 7.17. The Labute approximate surface area is 124 Å². The minimum absolute atomic E-state index is 0.0175. The summed E-state index contributed by atoms with van der Waals surface area (Å²) in [5.41, 5.74) is 7.54. The number of carbonyl (C=O) groups excluding carboxylic acids is 1. The van der Waals surface area contributed by atoms with Crippen molar-refractivity contribution in [1.29, 1.82) is 0 Å². The number of hydrogen-bond donors (Lipinski definition) is 3. The maximum absolute atomic E-state index is 12.3. The second-order valence-electron chi connectivity index (χ2n) is 5.48. The Balaban J connectivity index is 1.99.